The Bertz CT molecular complexity index is 551. The zero-order valence-corrected chi connectivity index (χ0v) is 12.0. The number of carbonyl (C=O) groups is 1. The van der Waals surface area contributed by atoms with Gasteiger partial charge in [0.25, 0.3) is 5.91 Å². The molecule has 0 bridgehead atoms. The molecule has 2 aromatic rings. The van der Waals surface area contributed by atoms with Crippen LogP contribution in [-0.2, 0) is 11.3 Å². The van der Waals surface area contributed by atoms with E-state index < -0.39 is 0 Å². The largest absolute Gasteiger partial charge is 0.490 e. The molecule has 1 aromatic heterocycles. The number of para-hydroxylation sites is 1. The van der Waals surface area contributed by atoms with Crippen LogP contribution < -0.4 is 10.1 Å². The molecule has 21 heavy (non-hydrogen) atoms. The van der Waals surface area contributed by atoms with E-state index in [0.717, 1.165) is 0 Å². The maximum absolute atomic E-state index is 12.2. The summed E-state index contributed by atoms with van der Waals surface area (Å²) in [6.45, 7) is 3.83. The number of rotatable bonds is 8. The van der Waals surface area contributed by atoms with Crippen LogP contribution in [-0.4, -0.2) is 25.7 Å². The highest BCUT2D eigenvalue weighted by atomic mass is 16.5. The average Bonchev–Trinajstić information content (AvgIpc) is 3.03. The van der Waals surface area contributed by atoms with Gasteiger partial charge in [0.15, 0.2) is 0 Å². The average molecular weight is 289 g/mol. The zero-order chi connectivity index (χ0) is 14.9. The van der Waals surface area contributed by atoms with Crippen LogP contribution in [0.5, 0.6) is 5.75 Å². The molecule has 0 aliphatic rings. The molecule has 1 aromatic carbocycles. The molecule has 112 valence electrons. The van der Waals surface area contributed by atoms with E-state index in [9.17, 15) is 4.79 Å². The fourth-order valence-corrected chi connectivity index (χ4v) is 1.81. The number of hydrogen-bond donors (Lipinski definition) is 1. The number of nitrogens with one attached hydrogen (secondary N) is 1. The van der Waals surface area contributed by atoms with Crippen LogP contribution in [0.15, 0.2) is 47.1 Å². The lowest BCUT2D eigenvalue weighted by molar-refractivity contribution is 0.0931. The Morgan fingerprint density at radius 1 is 1.19 bits per heavy atom. The summed E-state index contributed by atoms with van der Waals surface area (Å²) >= 11 is 0. The number of furan rings is 1. The molecule has 0 aliphatic heterocycles. The highest BCUT2D eigenvalue weighted by molar-refractivity contribution is 5.96. The Morgan fingerprint density at radius 3 is 2.81 bits per heavy atom. The molecule has 1 N–H and O–H groups in total. The molecule has 0 saturated heterocycles. The van der Waals surface area contributed by atoms with Crippen molar-refractivity contribution in [3.05, 3.63) is 54.0 Å². The molecule has 5 nitrogen and oxygen atoms in total. The minimum Gasteiger partial charge on any atom is -0.490 e. The lowest BCUT2D eigenvalue weighted by Crippen LogP contribution is -2.23. The van der Waals surface area contributed by atoms with E-state index in [1.54, 1.807) is 30.5 Å². The van der Waals surface area contributed by atoms with E-state index in [-0.39, 0.29) is 5.91 Å². The van der Waals surface area contributed by atoms with E-state index in [4.69, 9.17) is 13.9 Å². The van der Waals surface area contributed by atoms with Crippen LogP contribution >= 0.6 is 0 Å². The third kappa shape index (κ3) is 4.65. The van der Waals surface area contributed by atoms with Crippen molar-refractivity contribution in [3.8, 4) is 5.75 Å². The van der Waals surface area contributed by atoms with Gasteiger partial charge in [-0.15, -0.1) is 0 Å². The van der Waals surface area contributed by atoms with Gasteiger partial charge in [0.05, 0.1) is 25.0 Å². The van der Waals surface area contributed by atoms with Crippen molar-refractivity contribution in [2.24, 2.45) is 0 Å². The maximum atomic E-state index is 12.2. The molecule has 0 atom stereocenters. The Morgan fingerprint density at radius 2 is 2.05 bits per heavy atom. The molecule has 1 heterocycles. The molecule has 0 saturated carbocycles. The highest BCUT2D eigenvalue weighted by Gasteiger charge is 2.12. The van der Waals surface area contributed by atoms with Gasteiger partial charge < -0.3 is 19.2 Å². The van der Waals surface area contributed by atoms with Gasteiger partial charge in [0, 0.05) is 6.61 Å². The van der Waals surface area contributed by atoms with Gasteiger partial charge in [0.2, 0.25) is 0 Å². The second-order valence-corrected chi connectivity index (χ2v) is 4.30. The summed E-state index contributed by atoms with van der Waals surface area (Å²) in [5.74, 6) is 1.06. The first kappa shape index (κ1) is 15.1. The Balaban J connectivity index is 1.92. The zero-order valence-electron chi connectivity index (χ0n) is 12.0. The van der Waals surface area contributed by atoms with E-state index >= 15 is 0 Å². The van der Waals surface area contributed by atoms with Gasteiger partial charge in [-0.05, 0) is 31.2 Å². The monoisotopic (exact) mass is 289 g/mol. The summed E-state index contributed by atoms with van der Waals surface area (Å²) in [5.41, 5.74) is 0.501. The fraction of sp³-hybridized carbons (Fsp3) is 0.312. The number of carbonyl (C=O) groups excluding carboxylic acids is 1. The first-order valence-electron chi connectivity index (χ1n) is 6.91. The van der Waals surface area contributed by atoms with Crippen LogP contribution in [0, 0.1) is 0 Å². The van der Waals surface area contributed by atoms with Crippen molar-refractivity contribution in [2.45, 2.75) is 13.5 Å². The van der Waals surface area contributed by atoms with Gasteiger partial charge >= 0.3 is 0 Å². The molecule has 0 fully saturated rings. The molecular weight excluding hydrogens is 270 g/mol. The normalized spacial score (nSPS) is 10.3. The van der Waals surface area contributed by atoms with Crippen molar-refractivity contribution in [3.63, 3.8) is 0 Å². The second kappa shape index (κ2) is 8.11. The molecular formula is C16H19NO4. The summed E-state index contributed by atoms with van der Waals surface area (Å²) in [7, 11) is 0. The van der Waals surface area contributed by atoms with Crippen LogP contribution in [0.2, 0.25) is 0 Å². The van der Waals surface area contributed by atoms with Gasteiger partial charge in [-0.2, -0.15) is 0 Å². The van der Waals surface area contributed by atoms with Gasteiger partial charge in [-0.1, -0.05) is 12.1 Å². The Labute approximate surface area is 123 Å². The lowest BCUT2D eigenvalue weighted by atomic mass is 10.2. The SMILES string of the molecule is CCOCCOc1ccccc1C(=O)NCc1ccco1. The molecule has 0 radical (unpaired) electrons. The van der Waals surface area contributed by atoms with Gasteiger partial charge in [-0.25, -0.2) is 0 Å². The van der Waals surface area contributed by atoms with Crippen molar-refractivity contribution in [1.82, 2.24) is 5.32 Å². The third-order valence-electron chi connectivity index (χ3n) is 2.82. The molecule has 0 aliphatic carbocycles. The molecule has 0 unspecified atom stereocenters. The van der Waals surface area contributed by atoms with Crippen LogP contribution in [0.25, 0.3) is 0 Å². The first-order chi connectivity index (χ1) is 10.3. The number of ether oxygens (including phenoxy) is 2. The summed E-state index contributed by atoms with van der Waals surface area (Å²) in [5, 5.41) is 2.80. The fourth-order valence-electron chi connectivity index (χ4n) is 1.81. The van der Waals surface area contributed by atoms with Crippen molar-refractivity contribution < 1.29 is 18.7 Å². The predicted molar refractivity (Wildman–Crippen MR) is 78.3 cm³/mol. The van der Waals surface area contributed by atoms with Gasteiger partial charge in [-0.3, -0.25) is 4.79 Å². The van der Waals surface area contributed by atoms with E-state index in [1.165, 1.54) is 0 Å². The summed E-state index contributed by atoms with van der Waals surface area (Å²) in [4.78, 5) is 12.2. The first-order valence-corrected chi connectivity index (χ1v) is 6.91. The molecule has 5 heteroatoms. The van der Waals surface area contributed by atoms with Crippen molar-refractivity contribution in [1.29, 1.82) is 0 Å². The topological polar surface area (TPSA) is 60.7 Å². The predicted octanol–water partition coefficient (Wildman–Crippen LogP) is 2.62. The minimum atomic E-state index is -0.196. The maximum Gasteiger partial charge on any atom is 0.255 e. The molecule has 1 amide bonds. The highest BCUT2D eigenvalue weighted by Crippen LogP contribution is 2.18. The smallest absolute Gasteiger partial charge is 0.255 e. The van der Waals surface area contributed by atoms with Gasteiger partial charge in [0.1, 0.15) is 18.1 Å². The number of benzene rings is 1. The van der Waals surface area contributed by atoms with Crippen molar-refractivity contribution >= 4 is 5.91 Å². The molecule has 0 spiro atoms. The quantitative estimate of drug-likeness (QED) is 0.759. The van der Waals surface area contributed by atoms with Crippen LogP contribution in [0.3, 0.4) is 0 Å². The standard InChI is InChI=1S/C16H19NO4/c1-2-19-10-11-21-15-8-4-3-7-14(15)16(18)17-12-13-6-5-9-20-13/h3-9H,2,10-12H2,1H3,(H,17,18). The van der Waals surface area contributed by atoms with Crippen LogP contribution in [0.1, 0.15) is 23.0 Å². The Kier molecular flexibility index (Phi) is 5.84. The third-order valence-corrected chi connectivity index (χ3v) is 2.82. The Hall–Kier alpha value is -2.27. The molecule has 2 rings (SSSR count). The number of hydrogen-bond acceptors (Lipinski definition) is 4. The minimum absolute atomic E-state index is 0.196. The number of amides is 1. The van der Waals surface area contributed by atoms with E-state index in [0.29, 0.717) is 43.4 Å². The van der Waals surface area contributed by atoms with Crippen molar-refractivity contribution in [2.75, 3.05) is 19.8 Å². The summed E-state index contributed by atoms with van der Waals surface area (Å²) in [6, 6.07) is 10.7. The van der Waals surface area contributed by atoms with E-state index in [1.807, 2.05) is 19.1 Å². The van der Waals surface area contributed by atoms with Crippen LogP contribution in [0.4, 0.5) is 0 Å². The lowest BCUT2D eigenvalue weighted by Gasteiger charge is -2.11. The summed E-state index contributed by atoms with van der Waals surface area (Å²) < 4.78 is 16.0. The van der Waals surface area contributed by atoms with E-state index in [2.05, 4.69) is 5.32 Å². The summed E-state index contributed by atoms with van der Waals surface area (Å²) in [6.07, 6.45) is 1.58. The second-order valence-electron chi connectivity index (χ2n) is 4.30.